The maximum Gasteiger partial charge on any atom is 0.222 e. The van der Waals surface area contributed by atoms with E-state index in [0.717, 1.165) is 25.2 Å². The van der Waals surface area contributed by atoms with Gasteiger partial charge in [0.05, 0.1) is 0 Å². The first-order chi connectivity index (χ1) is 8.72. The topological polar surface area (TPSA) is 51.8 Å². The predicted octanol–water partition coefficient (Wildman–Crippen LogP) is 4.08. The summed E-state index contributed by atoms with van der Waals surface area (Å²) in [7, 11) is 0. The van der Waals surface area contributed by atoms with Crippen molar-refractivity contribution in [3.63, 3.8) is 0 Å². The van der Waals surface area contributed by atoms with E-state index >= 15 is 0 Å². The second-order valence-electron chi connectivity index (χ2n) is 3.58. The lowest BCUT2D eigenvalue weighted by Gasteiger charge is -2.03. The summed E-state index contributed by atoms with van der Waals surface area (Å²) in [4.78, 5) is 10.5. The van der Waals surface area contributed by atoms with Crippen LogP contribution in [0, 0.1) is 0 Å². The molecule has 0 aliphatic rings. The molecule has 0 unspecified atom stereocenters. The van der Waals surface area contributed by atoms with Gasteiger partial charge in [-0.15, -0.1) is 11.3 Å². The molecule has 0 saturated heterocycles. The standard InChI is InChI=1S/C12H8ClN3S2/c13-7-1-3-8(4-2-7)18-11-9-5-6-17-10(9)15-12(14)16-11/h1-6H,(H2,14,15,16). The van der Waals surface area contributed by atoms with Crippen molar-refractivity contribution in [3.05, 3.63) is 40.7 Å². The van der Waals surface area contributed by atoms with Gasteiger partial charge in [0.2, 0.25) is 5.95 Å². The van der Waals surface area contributed by atoms with Crippen LogP contribution in [0.3, 0.4) is 0 Å². The number of thiophene rings is 1. The second-order valence-corrected chi connectivity index (χ2v) is 5.98. The van der Waals surface area contributed by atoms with Crippen LogP contribution in [0.25, 0.3) is 10.2 Å². The third kappa shape index (κ3) is 2.29. The highest BCUT2D eigenvalue weighted by atomic mass is 35.5. The van der Waals surface area contributed by atoms with Gasteiger partial charge in [-0.3, -0.25) is 0 Å². The summed E-state index contributed by atoms with van der Waals surface area (Å²) in [5.41, 5.74) is 5.71. The normalized spacial score (nSPS) is 10.9. The molecular weight excluding hydrogens is 286 g/mol. The van der Waals surface area contributed by atoms with E-state index in [0.29, 0.717) is 5.95 Å². The summed E-state index contributed by atoms with van der Waals surface area (Å²) in [5, 5.41) is 4.63. The zero-order valence-electron chi connectivity index (χ0n) is 9.13. The van der Waals surface area contributed by atoms with Gasteiger partial charge >= 0.3 is 0 Å². The lowest BCUT2D eigenvalue weighted by atomic mass is 10.4. The average molecular weight is 294 g/mol. The molecule has 0 aliphatic heterocycles. The van der Waals surface area contributed by atoms with Gasteiger partial charge in [0.25, 0.3) is 0 Å². The van der Waals surface area contributed by atoms with Crippen LogP contribution in [0.1, 0.15) is 0 Å². The largest absolute Gasteiger partial charge is 0.368 e. The molecule has 0 amide bonds. The quantitative estimate of drug-likeness (QED) is 0.723. The van der Waals surface area contributed by atoms with Crippen LogP contribution in [0.5, 0.6) is 0 Å². The molecule has 3 rings (SSSR count). The molecule has 0 aliphatic carbocycles. The fraction of sp³-hybridized carbons (Fsp3) is 0. The number of nitrogen functional groups attached to an aromatic ring is 1. The van der Waals surface area contributed by atoms with Crippen molar-refractivity contribution < 1.29 is 0 Å². The lowest BCUT2D eigenvalue weighted by molar-refractivity contribution is 1.12. The van der Waals surface area contributed by atoms with Crippen molar-refractivity contribution in [2.24, 2.45) is 0 Å². The number of fused-ring (bicyclic) bond motifs is 1. The van der Waals surface area contributed by atoms with Crippen molar-refractivity contribution in [2.45, 2.75) is 9.92 Å². The molecule has 0 bridgehead atoms. The summed E-state index contributed by atoms with van der Waals surface area (Å²) in [5.74, 6) is 0.307. The van der Waals surface area contributed by atoms with Crippen molar-refractivity contribution in [2.75, 3.05) is 5.73 Å². The van der Waals surface area contributed by atoms with Gasteiger partial charge in [-0.05, 0) is 35.7 Å². The molecule has 1 aromatic carbocycles. The summed E-state index contributed by atoms with van der Waals surface area (Å²) in [6.07, 6.45) is 0. The average Bonchev–Trinajstić information content (AvgIpc) is 2.80. The van der Waals surface area contributed by atoms with E-state index in [1.165, 1.54) is 0 Å². The Morgan fingerprint density at radius 3 is 2.67 bits per heavy atom. The smallest absolute Gasteiger partial charge is 0.222 e. The molecule has 18 heavy (non-hydrogen) atoms. The third-order valence-electron chi connectivity index (χ3n) is 2.34. The van der Waals surface area contributed by atoms with Gasteiger partial charge in [-0.2, -0.15) is 0 Å². The number of hydrogen-bond donors (Lipinski definition) is 1. The molecule has 90 valence electrons. The Morgan fingerprint density at radius 2 is 1.89 bits per heavy atom. The van der Waals surface area contributed by atoms with Crippen LogP contribution in [0.4, 0.5) is 5.95 Å². The summed E-state index contributed by atoms with van der Waals surface area (Å²) < 4.78 is 0. The Labute approximate surface area is 117 Å². The van der Waals surface area contributed by atoms with E-state index in [4.69, 9.17) is 17.3 Å². The van der Waals surface area contributed by atoms with Gasteiger partial charge in [-0.1, -0.05) is 23.4 Å². The van der Waals surface area contributed by atoms with Crippen molar-refractivity contribution in [3.8, 4) is 0 Å². The molecule has 2 N–H and O–H groups in total. The molecule has 0 spiro atoms. The monoisotopic (exact) mass is 293 g/mol. The highest BCUT2D eigenvalue weighted by Crippen LogP contribution is 2.34. The number of rotatable bonds is 2. The zero-order chi connectivity index (χ0) is 12.5. The van der Waals surface area contributed by atoms with Crippen LogP contribution in [-0.2, 0) is 0 Å². The molecule has 2 aromatic heterocycles. The predicted molar refractivity (Wildman–Crippen MR) is 77.4 cm³/mol. The maximum absolute atomic E-state index is 5.86. The Hall–Kier alpha value is -1.30. The number of nitrogens with two attached hydrogens (primary N) is 1. The summed E-state index contributed by atoms with van der Waals surface area (Å²) >= 11 is 8.99. The van der Waals surface area contributed by atoms with Crippen LogP contribution in [0.15, 0.2) is 45.6 Å². The molecule has 3 nitrogen and oxygen atoms in total. The van der Waals surface area contributed by atoms with Gasteiger partial charge in [0.15, 0.2) is 0 Å². The number of nitrogens with zero attached hydrogens (tertiary/aromatic N) is 2. The van der Waals surface area contributed by atoms with E-state index in [-0.39, 0.29) is 0 Å². The molecule has 6 heteroatoms. The van der Waals surface area contributed by atoms with Crippen LogP contribution in [-0.4, -0.2) is 9.97 Å². The van der Waals surface area contributed by atoms with E-state index < -0.39 is 0 Å². The summed E-state index contributed by atoms with van der Waals surface area (Å²) in [6.45, 7) is 0. The van der Waals surface area contributed by atoms with Gasteiger partial charge in [0, 0.05) is 15.3 Å². The van der Waals surface area contributed by atoms with Gasteiger partial charge < -0.3 is 5.73 Å². The lowest BCUT2D eigenvalue weighted by Crippen LogP contribution is -1.95. The molecular formula is C12H8ClN3S2. The van der Waals surface area contributed by atoms with Crippen LogP contribution >= 0.6 is 34.7 Å². The van der Waals surface area contributed by atoms with Crippen molar-refractivity contribution >= 4 is 50.9 Å². The first kappa shape index (κ1) is 11.8. The number of hydrogen-bond acceptors (Lipinski definition) is 5. The molecule has 2 heterocycles. The Kier molecular flexibility index (Phi) is 3.11. The molecule has 0 radical (unpaired) electrons. The minimum Gasteiger partial charge on any atom is -0.368 e. The van der Waals surface area contributed by atoms with E-state index in [2.05, 4.69) is 9.97 Å². The highest BCUT2D eigenvalue weighted by Gasteiger charge is 2.08. The van der Waals surface area contributed by atoms with E-state index in [9.17, 15) is 0 Å². The zero-order valence-corrected chi connectivity index (χ0v) is 11.5. The fourth-order valence-electron chi connectivity index (χ4n) is 1.54. The minimum absolute atomic E-state index is 0.307. The molecule has 0 fully saturated rings. The number of aromatic nitrogens is 2. The second kappa shape index (κ2) is 4.76. The highest BCUT2D eigenvalue weighted by molar-refractivity contribution is 7.99. The number of halogens is 1. The Balaban J connectivity index is 2.03. The van der Waals surface area contributed by atoms with Crippen LogP contribution in [0.2, 0.25) is 5.02 Å². The van der Waals surface area contributed by atoms with Gasteiger partial charge in [-0.25, -0.2) is 9.97 Å². The number of anilines is 1. The Morgan fingerprint density at radius 1 is 1.11 bits per heavy atom. The third-order valence-corrected chi connectivity index (χ3v) is 4.41. The first-order valence-electron chi connectivity index (χ1n) is 5.16. The first-order valence-corrected chi connectivity index (χ1v) is 7.24. The minimum atomic E-state index is 0.307. The van der Waals surface area contributed by atoms with Crippen molar-refractivity contribution in [1.29, 1.82) is 0 Å². The van der Waals surface area contributed by atoms with Crippen molar-refractivity contribution in [1.82, 2.24) is 9.97 Å². The SMILES string of the molecule is Nc1nc(Sc2ccc(Cl)cc2)c2ccsc2n1. The van der Waals surface area contributed by atoms with Gasteiger partial charge in [0.1, 0.15) is 9.86 Å². The van der Waals surface area contributed by atoms with E-state index in [1.807, 2.05) is 35.7 Å². The Bertz CT molecular complexity index is 694. The number of benzene rings is 1. The van der Waals surface area contributed by atoms with E-state index in [1.54, 1.807) is 23.1 Å². The summed E-state index contributed by atoms with van der Waals surface area (Å²) in [6, 6.07) is 9.66. The molecule has 0 saturated carbocycles. The maximum atomic E-state index is 5.86. The fourth-order valence-corrected chi connectivity index (χ4v) is 3.41. The molecule has 3 aromatic rings. The van der Waals surface area contributed by atoms with Crippen LogP contribution < -0.4 is 5.73 Å². The molecule has 0 atom stereocenters.